The number of thiophene rings is 1. The van der Waals surface area contributed by atoms with Gasteiger partial charge in [-0.25, -0.2) is 0 Å². The molecule has 0 aliphatic rings. The van der Waals surface area contributed by atoms with Crippen molar-refractivity contribution in [2.45, 2.75) is 13.5 Å². The Hall–Kier alpha value is -1.52. The fourth-order valence-electron chi connectivity index (χ4n) is 2.25. The molecule has 0 bridgehead atoms. The zero-order valence-corrected chi connectivity index (χ0v) is 13.4. The summed E-state index contributed by atoms with van der Waals surface area (Å²) in [6.45, 7) is 2.54. The molecule has 1 heterocycles. The van der Waals surface area contributed by atoms with Crippen molar-refractivity contribution in [2.24, 2.45) is 0 Å². The van der Waals surface area contributed by atoms with Crippen molar-refractivity contribution in [2.75, 3.05) is 5.73 Å². The topological polar surface area (TPSA) is 35.2 Å². The van der Waals surface area contributed by atoms with Crippen molar-refractivity contribution in [3.63, 3.8) is 0 Å². The van der Waals surface area contributed by atoms with Crippen LogP contribution in [0, 0.1) is 6.92 Å². The molecule has 0 radical (unpaired) electrons. The van der Waals surface area contributed by atoms with Crippen LogP contribution in [0.4, 0.5) is 5.69 Å². The molecule has 0 saturated carbocycles. The molecule has 0 aliphatic heterocycles. The highest BCUT2D eigenvalue weighted by Gasteiger charge is 2.09. The predicted molar refractivity (Wildman–Crippen MR) is 89.4 cm³/mol. The SMILES string of the molecule is Cc1cc(Br)cc(N)c1OCc1csc2ccccc12. The molecule has 3 aromatic rings. The van der Waals surface area contributed by atoms with Gasteiger partial charge in [-0.15, -0.1) is 11.3 Å². The molecular formula is C16H14BrNOS. The van der Waals surface area contributed by atoms with E-state index in [9.17, 15) is 0 Å². The number of benzene rings is 2. The Kier molecular flexibility index (Phi) is 3.68. The molecule has 1 aromatic heterocycles. The number of ether oxygens (including phenoxy) is 1. The monoisotopic (exact) mass is 347 g/mol. The predicted octanol–water partition coefficient (Wildman–Crippen LogP) is 5.13. The third-order valence-electron chi connectivity index (χ3n) is 3.20. The van der Waals surface area contributed by atoms with Crippen molar-refractivity contribution >= 4 is 43.0 Å². The van der Waals surface area contributed by atoms with Crippen LogP contribution in [0.5, 0.6) is 5.75 Å². The van der Waals surface area contributed by atoms with E-state index >= 15 is 0 Å². The van der Waals surface area contributed by atoms with E-state index in [0.29, 0.717) is 12.3 Å². The lowest BCUT2D eigenvalue weighted by molar-refractivity contribution is 0.307. The van der Waals surface area contributed by atoms with Crippen LogP contribution in [0.15, 0.2) is 46.3 Å². The van der Waals surface area contributed by atoms with E-state index < -0.39 is 0 Å². The summed E-state index contributed by atoms with van der Waals surface area (Å²) < 4.78 is 8.19. The number of rotatable bonds is 3. The molecule has 0 atom stereocenters. The van der Waals surface area contributed by atoms with Gasteiger partial charge >= 0.3 is 0 Å². The van der Waals surface area contributed by atoms with E-state index in [1.165, 1.54) is 15.6 Å². The Bertz CT molecular complexity index is 743. The lowest BCUT2D eigenvalue weighted by atomic mass is 10.2. The Morgan fingerprint density at radius 3 is 2.85 bits per heavy atom. The largest absolute Gasteiger partial charge is 0.486 e. The first-order chi connectivity index (χ1) is 9.65. The maximum atomic E-state index is 6.02. The van der Waals surface area contributed by atoms with Crippen LogP contribution < -0.4 is 10.5 Å². The number of nitrogens with two attached hydrogens (primary N) is 1. The first-order valence-corrected chi connectivity index (χ1v) is 7.96. The minimum absolute atomic E-state index is 0.538. The fourth-order valence-corrected chi connectivity index (χ4v) is 3.78. The summed E-state index contributed by atoms with van der Waals surface area (Å²) in [5.74, 6) is 0.767. The van der Waals surface area contributed by atoms with Gasteiger partial charge in [0.05, 0.1) is 5.69 Å². The van der Waals surface area contributed by atoms with Gasteiger partial charge in [-0.1, -0.05) is 34.1 Å². The average molecular weight is 348 g/mol. The molecule has 2 N–H and O–H groups in total. The highest BCUT2D eigenvalue weighted by molar-refractivity contribution is 9.10. The Morgan fingerprint density at radius 1 is 1.25 bits per heavy atom. The van der Waals surface area contributed by atoms with Crippen molar-refractivity contribution in [1.29, 1.82) is 0 Å². The molecule has 0 fully saturated rings. The molecular weight excluding hydrogens is 334 g/mol. The van der Waals surface area contributed by atoms with E-state index in [2.05, 4.69) is 45.6 Å². The smallest absolute Gasteiger partial charge is 0.145 e. The van der Waals surface area contributed by atoms with E-state index in [0.717, 1.165) is 15.8 Å². The van der Waals surface area contributed by atoms with Gasteiger partial charge < -0.3 is 10.5 Å². The summed E-state index contributed by atoms with van der Waals surface area (Å²) in [6.07, 6.45) is 0. The molecule has 4 heteroatoms. The zero-order valence-electron chi connectivity index (χ0n) is 11.0. The number of nitrogen functional groups attached to an aromatic ring is 1. The van der Waals surface area contributed by atoms with E-state index in [4.69, 9.17) is 10.5 Å². The molecule has 102 valence electrons. The van der Waals surface area contributed by atoms with Gasteiger partial charge in [0, 0.05) is 14.7 Å². The minimum atomic E-state index is 0.538. The number of anilines is 1. The van der Waals surface area contributed by atoms with Crippen LogP contribution in [0.2, 0.25) is 0 Å². The third kappa shape index (κ3) is 2.53. The second-order valence-corrected chi connectivity index (χ2v) is 6.51. The number of aryl methyl sites for hydroxylation is 1. The maximum absolute atomic E-state index is 6.02. The molecule has 0 unspecified atom stereocenters. The summed E-state index contributed by atoms with van der Waals surface area (Å²) in [5.41, 5.74) is 8.92. The normalized spacial score (nSPS) is 10.9. The Balaban J connectivity index is 1.87. The van der Waals surface area contributed by atoms with Crippen molar-refractivity contribution in [3.8, 4) is 5.75 Å². The zero-order chi connectivity index (χ0) is 14.1. The van der Waals surface area contributed by atoms with Gasteiger partial charge in [0.2, 0.25) is 0 Å². The standard InChI is InChI=1S/C16H14BrNOS/c1-10-6-12(17)7-14(18)16(10)19-8-11-9-20-15-5-3-2-4-13(11)15/h2-7,9H,8,18H2,1H3. The quantitative estimate of drug-likeness (QED) is 0.666. The van der Waals surface area contributed by atoms with Gasteiger partial charge in [-0.2, -0.15) is 0 Å². The molecule has 0 spiro atoms. The Labute approximate surface area is 130 Å². The second kappa shape index (κ2) is 5.46. The van der Waals surface area contributed by atoms with Crippen LogP contribution in [-0.4, -0.2) is 0 Å². The van der Waals surface area contributed by atoms with Gasteiger partial charge in [0.15, 0.2) is 0 Å². The minimum Gasteiger partial charge on any atom is -0.486 e. The average Bonchev–Trinajstić information content (AvgIpc) is 2.81. The second-order valence-electron chi connectivity index (χ2n) is 4.69. The molecule has 2 nitrogen and oxygen atoms in total. The first-order valence-electron chi connectivity index (χ1n) is 6.28. The van der Waals surface area contributed by atoms with Crippen molar-refractivity contribution in [3.05, 3.63) is 57.4 Å². The summed E-state index contributed by atoms with van der Waals surface area (Å²) >= 11 is 5.18. The van der Waals surface area contributed by atoms with E-state index in [1.54, 1.807) is 11.3 Å². The van der Waals surface area contributed by atoms with Crippen LogP contribution in [0.1, 0.15) is 11.1 Å². The van der Waals surface area contributed by atoms with Crippen LogP contribution in [0.25, 0.3) is 10.1 Å². The summed E-state index contributed by atoms with van der Waals surface area (Å²) in [7, 11) is 0. The molecule has 0 saturated heterocycles. The molecule has 3 rings (SSSR count). The first kappa shape index (κ1) is 13.5. The summed E-state index contributed by atoms with van der Waals surface area (Å²) in [6, 6.07) is 12.2. The lowest BCUT2D eigenvalue weighted by Gasteiger charge is -2.12. The Morgan fingerprint density at radius 2 is 2.05 bits per heavy atom. The van der Waals surface area contributed by atoms with E-state index in [1.807, 2.05) is 19.1 Å². The lowest BCUT2D eigenvalue weighted by Crippen LogP contribution is -2.00. The van der Waals surface area contributed by atoms with Gasteiger partial charge in [-0.05, 0) is 41.5 Å². The fraction of sp³-hybridized carbons (Fsp3) is 0.125. The highest BCUT2D eigenvalue weighted by atomic mass is 79.9. The van der Waals surface area contributed by atoms with Crippen LogP contribution in [-0.2, 0) is 6.61 Å². The van der Waals surface area contributed by atoms with Crippen LogP contribution in [0.3, 0.4) is 0 Å². The number of hydrogen-bond acceptors (Lipinski definition) is 3. The van der Waals surface area contributed by atoms with Gasteiger partial charge in [0.25, 0.3) is 0 Å². The molecule has 0 amide bonds. The van der Waals surface area contributed by atoms with Gasteiger partial charge in [-0.3, -0.25) is 0 Å². The van der Waals surface area contributed by atoms with Crippen molar-refractivity contribution in [1.82, 2.24) is 0 Å². The number of hydrogen-bond donors (Lipinski definition) is 1. The highest BCUT2D eigenvalue weighted by Crippen LogP contribution is 2.32. The number of halogens is 1. The maximum Gasteiger partial charge on any atom is 0.145 e. The van der Waals surface area contributed by atoms with Crippen LogP contribution >= 0.6 is 27.3 Å². The molecule has 0 aliphatic carbocycles. The van der Waals surface area contributed by atoms with Gasteiger partial charge in [0.1, 0.15) is 12.4 Å². The molecule has 2 aromatic carbocycles. The summed E-state index contributed by atoms with van der Waals surface area (Å²) in [4.78, 5) is 0. The van der Waals surface area contributed by atoms with E-state index in [-0.39, 0.29) is 0 Å². The third-order valence-corrected chi connectivity index (χ3v) is 4.67. The number of fused-ring (bicyclic) bond motifs is 1. The van der Waals surface area contributed by atoms with Crippen molar-refractivity contribution < 1.29 is 4.74 Å². The molecule has 20 heavy (non-hydrogen) atoms. The summed E-state index contributed by atoms with van der Waals surface area (Å²) in [5, 5.41) is 3.40.